The molecule has 0 radical (unpaired) electrons. The Bertz CT molecular complexity index is 753. The standard InChI is InChI=1S/C14H11N3O3/c18-14(19)13-7-12(15-8-9-5-6-16-20-9)10-3-1-2-4-11(10)17-13/h1-7H,8H2,(H,15,17)(H,18,19). The second-order valence-corrected chi connectivity index (χ2v) is 4.21. The van der Waals surface area contributed by atoms with Crippen LogP contribution in [0.4, 0.5) is 5.69 Å². The van der Waals surface area contributed by atoms with Crippen LogP contribution in [-0.2, 0) is 6.54 Å². The number of carbonyl (C=O) groups is 1. The van der Waals surface area contributed by atoms with Crippen LogP contribution in [0.15, 0.2) is 47.1 Å². The number of benzene rings is 1. The zero-order chi connectivity index (χ0) is 13.9. The quantitative estimate of drug-likeness (QED) is 0.756. The molecule has 3 rings (SSSR count). The van der Waals surface area contributed by atoms with Crippen molar-refractivity contribution in [3.8, 4) is 0 Å². The smallest absolute Gasteiger partial charge is 0.354 e. The molecule has 6 nitrogen and oxygen atoms in total. The summed E-state index contributed by atoms with van der Waals surface area (Å²) in [6.07, 6.45) is 1.56. The molecule has 0 fully saturated rings. The topological polar surface area (TPSA) is 88.2 Å². The van der Waals surface area contributed by atoms with Crippen LogP contribution in [0.5, 0.6) is 0 Å². The van der Waals surface area contributed by atoms with E-state index < -0.39 is 5.97 Å². The second-order valence-electron chi connectivity index (χ2n) is 4.21. The van der Waals surface area contributed by atoms with Gasteiger partial charge in [-0.1, -0.05) is 23.4 Å². The van der Waals surface area contributed by atoms with Gasteiger partial charge >= 0.3 is 5.97 Å². The molecule has 6 heteroatoms. The van der Waals surface area contributed by atoms with Crippen molar-refractivity contribution in [3.63, 3.8) is 0 Å². The number of hydrogen-bond acceptors (Lipinski definition) is 5. The van der Waals surface area contributed by atoms with E-state index in [0.717, 1.165) is 5.39 Å². The molecule has 0 atom stereocenters. The molecule has 0 bridgehead atoms. The summed E-state index contributed by atoms with van der Waals surface area (Å²) in [5.41, 5.74) is 1.33. The largest absolute Gasteiger partial charge is 0.477 e. The van der Waals surface area contributed by atoms with Crippen molar-refractivity contribution >= 4 is 22.6 Å². The maximum absolute atomic E-state index is 11.1. The molecule has 0 saturated carbocycles. The van der Waals surface area contributed by atoms with Crippen molar-refractivity contribution in [2.45, 2.75) is 6.54 Å². The minimum absolute atomic E-state index is 0.00349. The van der Waals surface area contributed by atoms with E-state index in [0.29, 0.717) is 23.5 Å². The Kier molecular flexibility index (Phi) is 3.04. The summed E-state index contributed by atoms with van der Waals surface area (Å²) in [6, 6.07) is 10.6. The Labute approximate surface area is 114 Å². The molecule has 0 aliphatic rings. The van der Waals surface area contributed by atoms with Crippen molar-refractivity contribution in [1.82, 2.24) is 10.1 Å². The van der Waals surface area contributed by atoms with Crippen molar-refractivity contribution < 1.29 is 14.4 Å². The number of nitrogens with zero attached hydrogens (tertiary/aromatic N) is 2. The summed E-state index contributed by atoms with van der Waals surface area (Å²) in [7, 11) is 0. The van der Waals surface area contributed by atoms with Crippen LogP contribution >= 0.6 is 0 Å². The minimum Gasteiger partial charge on any atom is -0.477 e. The Balaban J connectivity index is 2.00. The number of pyridine rings is 1. The molecule has 20 heavy (non-hydrogen) atoms. The number of aromatic carboxylic acids is 1. The van der Waals surface area contributed by atoms with Gasteiger partial charge in [-0.3, -0.25) is 0 Å². The number of hydrogen-bond donors (Lipinski definition) is 2. The van der Waals surface area contributed by atoms with Crippen molar-refractivity contribution in [2.75, 3.05) is 5.32 Å². The molecular formula is C14H11N3O3. The predicted octanol–water partition coefficient (Wildman–Crippen LogP) is 2.53. The molecule has 3 aromatic rings. The van der Waals surface area contributed by atoms with Gasteiger partial charge in [0.1, 0.15) is 0 Å². The van der Waals surface area contributed by atoms with Crippen LogP contribution in [0.25, 0.3) is 10.9 Å². The minimum atomic E-state index is -1.06. The number of fused-ring (bicyclic) bond motifs is 1. The highest BCUT2D eigenvalue weighted by atomic mass is 16.5. The highest BCUT2D eigenvalue weighted by Gasteiger charge is 2.10. The summed E-state index contributed by atoms with van der Waals surface area (Å²) in [6.45, 7) is 0.424. The molecule has 0 unspecified atom stereocenters. The summed E-state index contributed by atoms with van der Waals surface area (Å²) in [5.74, 6) is -0.388. The summed E-state index contributed by atoms with van der Waals surface area (Å²) >= 11 is 0. The van der Waals surface area contributed by atoms with E-state index in [1.54, 1.807) is 18.3 Å². The molecule has 2 heterocycles. The maximum Gasteiger partial charge on any atom is 0.354 e. The predicted molar refractivity (Wildman–Crippen MR) is 72.5 cm³/mol. The van der Waals surface area contributed by atoms with E-state index in [-0.39, 0.29) is 5.69 Å². The molecule has 0 aliphatic heterocycles. The molecule has 0 saturated heterocycles. The maximum atomic E-state index is 11.1. The normalized spacial score (nSPS) is 10.6. The fourth-order valence-electron chi connectivity index (χ4n) is 1.95. The zero-order valence-electron chi connectivity index (χ0n) is 10.4. The Morgan fingerprint density at radius 3 is 2.90 bits per heavy atom. The Hall–Kier alpha value is -2.89. The van der Waals surface area contributed by atoms with Gasteiger partial charge in [-0.25, -0.2) is 9.78 Å². The van der Waals surface area contributed by atoms with Crippen molar-refractivity contribution in [2.24, 2.45) is 0 Å². The van der Waals surface area contributed by atoms with Gasteiger partial charge in [0.15, 0.2) is 11.5 Å². The number of rotatable bonds is 4. The van der Waals surface area contributed by atoms with E-state index in [9.17, 15) is 4.79 Å². The lowest BCUT2D eigenvalue weighted by atomic mass is 10.1. The molecule has 0 aliphatic carbocycles. The van der Waals surface area contributed by atoms with Crippen LogP contribution < -0.4 is 5.32 Å². The molecule has 1 aromatic carbocycles. The average molecular weight is 269 g/mol. The zero-order valence-corrected chi connectivity index (χ0v) is 10.4. The SMILES string of the molecule is O=C(O)c1cc(NCc2ccno2)c2ccccc2n1. The Morgan fingerprint density at radius 2 is 2.15 bits per heavy atom. The first-order valence-corrected chi connectivity index (χ1v) is 6.00. The Morgan fingerprint density at radius 1 is 1.30 bits per heavy atom. The van der Waals surface area contributed by atoms with Crippen molar-refractivity contribution in [3.05, 3.63) is 54.0 Å². The average Bonchev–Trinajstić information content (AvgIpc) is 2.97. The lowest BCUT2D eigenvalue weighted by molar-refractivity contribution is 0.0691. The number of carboxylic acid groups (broad SMARTS) is 1. The first-order valence-electron chi connectivity index (χ1n) is 6.00. The van der Waals surface area contributed by atoms with E-state index in [2.05, 4.69) is 15.5 Å². The van der Waals surface area contributed by atoms with Crippen LogP contribution in [-0.4, -0.2) is 21.2 Å². The molecule has 100 valence electrons. The number of para-hydroxylation sites is 1. The lowest BCUT2D eigenvalue weighted by Gasteiger charge is -2.09. The number of anilines is 1. The third-order valence-corrected chi connectivity index (χ3v) is 2.88. The second kappa shape index (κ2) is 5.00. The monoisotopic (exact) mass is 269 g/mol. The van der Waals surface area contributed by atoms with Crippen LogP contribution in [0.1, 0.15) is 16.2 Å². The van der Waals surface area contributed by atoms with Gasteiger partial charge in [-0.2, -0.15) is 0 Å². The van der Waals surface area contributed by atoms with E-state index in [4.69, 9.17) is 9.63 Å². The van der Waals surface area contributed by atoms with Gasteiger partial charge in [-0.05, 0) is 12.1 Å². The van der Waals surface area contributed by atoms with Gasteiger partial charge in [0.05, 0.1) is 18.3 Å². The van der Waals surface area contributed by atoms with Gasteiger partial charge in [0, 0.05) is 17.1 Å². The van der Waals surface area contributed by atoms with E-state index >= 15 is 0 Å². The van der Waals surface area contributed by atoms with Gasteiger partial charge < -0.3 is 14.9 Å². The summed E-state index contributed by atoms with van der Waals surface area (Å²) in [5, 5.41) is 16.7. The van der Waals surface area contributed by atoms with Crippen LogP contribution in [0.3, 0.4) is 0 Å². The fraction of sp³-hybridized carbons (Fsp3) is 0.0714. The number of nitrogens with one attached hydrogen (secondary N) is 1. The highest BCUT2D eigenvalue weighted by Crippen LogP contribution is 2.23. The first kappa shape index (κ1) is 12.2. The van der Waals surface area contributed by atoms with Gasteiger partial charge in [0.2, 0.25) is 0 Å². The summed E-state index contributed by atoms with van der Waals surface area (Å²) in [4.78, 5) is 15.2. The molecule has 0 spiro atoms. The number of aromatic nitrogens is 2. The van der Waals surface area contributed by atoms with Crippen LogP contribution in [0, 0.1) is 0 Å². The number of carboxylic acids is 1. The third-order valence-electron chi connectivity index (χ3n) is 2.88. The molecule has 2 N–H and O–H groups in total. The van der Waals surface area contributed by atoms with Crippen molar-refractivity contribution in [1.29, 1.82) is 0 Å². The molecule has 0 amide bonds. The van der Waals surface area contributed by atoms with E-state index in [1.807, 2.05) is 18.2 Å². The molecule has 2 aromatic heterocycles. The lowest BCUT2D eigenvalue weighted by Crippen LogP contribution is -2.05. The molecular weight excluding hydrogens is 258 g/mol. The summed E-state index contributed by atoms with van der Waals surface area (Å²) < 4.78 is 5.00. The van der Waals surface area contributed by atoms with Crippen LogP contribution in [0.2, 0.25) is 0 Å². The highest BCUT2D eigenvalue weighted by molar-refractivity contribution is 5.97. The third kappa shape index (κ3) is 2.31. The first-order chi connectivity index (χ1) is 9.74. The fourth-order valence-corrected chi connectivity index (χ4v) is 1.95. The van der Waals surface area contributed by atoms with Gasteiger partial charge in [0.25, 0.3) is 0 Å². The van der Waals surface area contributed by atoms with E-state index in [1.165, 1.54) is 6.07 Å². The van der Waals surface area contributed by atoms with Gasteiger partial charge in [-0.15, -0.1) is 0 Å².